The number of nitrogens with zero attached hydrogens (tertiary/aromatic N) is 1. The highest BCUT2D eigenvalue weighted by Gasteiger charge is 2.52. The molecule has 1 amide bonds. The lowest BCUT2D eigenvalue weighted by atomic mass is 9.83. The van der Waals surface area contributed by atoms with Crippen LogP contribution in [0.4, 0.5) is 0 Å². The first-order valence-corrected chi connectivity index (χ1v) is 8.44. The molecule has 0 N–H and O–H groups in total. The van der Waals surface area contributed by atoms with Crippen molar-refractivity contribution in [2.75, 3.05) is 7.11 Å². The van der Waals surface area contributed by atoms with E-state index in [1.165, 1.54) is 0 Å². The van der Waals surface area contributed by atoms with Crippen LogP contribution in [-0.2, 0) is 20.5 Å². The Hall–Kier alpha value is -1.27. The maximum Gasteiger partial charge on any atom is 0.324 e. The third kappa shape index (κ3) is 2.91. The Morgan fingerprint density at radius 2 is 1.95 bits per heavy atom. The molecule has 0 saturated carbocycles. The van der Waals surface area contributed by atoms with E-state index in [0.29, 0.717) is 12.8 Å². The second-order valence-corrected chi connectivity index (χ2v) is 7.48. The van der Waals surface area contributed by atoms with E-state index < -0.39 is 20.7 Å². The van der Waals surface area contributed by atoms with Crippen molar-refractivity contribution < 1.29 is 17.9 Å². The van der Waals surface area contributed by atoms with Crippen molar-refractivity contribution in [3.63, 3.8) is 0 Å². The SMILES string of the molecule is COc1ccc(CCC2(C)CC(=O)N2S(=O)(=O)Cl)cc1. The molecular formula is C13H16ClNO4S. The van der Waals surface area contributed by atoms with Gasteiger partial charge in [-0.1, -0.05) is 12.1 Å². The van der Waals surface area contributed by atoms with Crippen LogP contribution >= 0.6 is 10.7 Å². The average Bonchev–Trinajstić information content (AvgIpc) is 2.34. The molecule has 1 aromatic rings. The van der Waals surface area contributed by atoms with Gasteiger partial charge >= 0.3 is 9.24 Å². The van der Waals surface area contributed by atoms with Crippen LogP contribution in [0.5, 0.6) is 5.75 Å². The first kappa shape index (κ1) is 15.1. The third-order valence-electron chi connectivity index (χ3n) is 3.58. The lowest BCUT2D eigenvalue weighted by Gasteiger charge is -2.47. The monoisotopic (exact) mass is 317 g/mol. The van der Waals surface area contributed by atoms with Gasteiger partial charge in [0.15, 0.2) is 0 Å². The normalized spacial score (nSPS) is 22.6. The Morgan fingerprint density at radius 1 is 1.35 bits per heavy atom. The molecule has 1 unspecified atom stereocenters. The number of ether oxygens (including phenoxy) is 1. The summed E-state index contributed by atoms with van der Waals surface area (Å²) in [6, 6.07) is 7.53. The lowest BCUT2D eigenvalue weighted by Crippen LogP contribution is -2.62. The molecule has 110 valence electrons. The van der Waals surface area contributed by atoms with Crippen LogP contribution in [0.3, 0.4) is 0 Å². The molecule has 1 saturated heterocycles. The van der Waals surface area contributed by atoms with Gasteiger partial charge in [-0.3, -0.25) is 4.79 Å². The van der Waals surface area contributed by atoms with E-state index in [1.54, 1.807) is 14.0 Å². The predicted molar refractivity (Wildman–Crippen MR) is 76.0 cm³/mol. The zero-order valence-electron chi connectivity index (χ0n) is 11.3. The second-order valence-electron chi connectivity index (χ2n) is 5.12. The summed E-state index contributed by atoms with van der Waals surface area (Å²) < 4.78 is 28.6. The van der Waals surface area contributed by atoms with Gasteiger partial charge in [0.25, 0.3) is 0 Å². The fourth-order valence-electron chi connectivity index (χ4n) is 2.46. The summed E-state index contributed by atoms with van der Waals surface area (Å²) in [6.45, 7) is 1.73. The minimum atomic E-state index is -4.00. The van der Waals surface area contributed by atoms with Crippen LogP contribution in [0.1, 0.15) is 25.3 Å². The summed E-state index contributed by atoms with van der Waals surface area (Å²) in [6.07, 6.45) is 1.41. The summed E-state index contributed by atoms with van der Waals surface area (Å²) in [4.78, 5) is 11.4. The summed E-state index contributed by atoms with van der Waals surface area (Å²) >= 11 is 0. The van der Waals surface area contributed by atoms with Crippen LogP contribution in [-0.4, -0.2) is 31.3 Å². The summed E-state index contributed by atoms with van der Waals surface area (Å²) in [5, 5.41) is 0. The standard InChI is InChI=1S/C13H16ClNO4S/c1-13(9-12(16)15(13)20(14,17)18)8-7-10-3-5-11(19-2)6-4-10/h3-6H,7-9H2,1-2H3. The summed E-state index contributed by atoms with van der Waals surface area (Å²) in [7, 11) is 2.89. The van der Waals surface area contributed by atoms with E-state index in [2.05, 4.69) is 0 Å². The van der Waals surface area contributed by atoms with Gasteiger partial charge in [0, 0.05) is 10.7 Å². The number of carbonyl (C=O) groups excluding carboxylic acids is 1. The minimum absolute atomic E-state index is 0.203. The Labute approximate surface area is 123 Å². The highest BCUT2D eigenvalue weighted by Crippen LogP contribution is 2.39. The van der Waals surface area contributed by atoms with Crippen LogP contribution in [0.15, 0.2) is 24.3 Å². The molecule has 0 aliphatic carbocycles. The number of hydrogen-bond acceptors (Lipinski definition) is 4. The molecule has 0 radical (unpaired) electrons. The summed E-state index contributed by atoms with van der Waals surface area (Å²) in [5.41, 5.74) is 0.329. The van der Waals surface area contributed by atoms with Crippen molar-refractivity contribution in [2.24, 2.45) is 0 Å². The molecule has 2 rings (SSSR count). The quantitative estimate of drug-likeness (QED) is 0.616. The number of rotatable bonds is 5. The smallest absolute Gasteiger partial charge is 0.324 e. The van der Waals surface area contributed by atoms with Crippen molar-refractivity contribution in [3.05, 3.63) is 29.8 Å². The van der Waals surface area contributed by atoms with Gasteiger partial charge in [-0.2, -0.15) is 8.42 Å². The van der Waals surface area contributed by atoms with Crippen molar-refractivity contribution >= 4 is 25.8 Å². The minimum Gasteiger partial charge on any atom is -0.497 e. The number of carbonyl (C=O) groups is 1. The zero-order valence-corrected chi connectivity index (χ0v) is 12.9. The van der Waals surface area contributed by atoms with Gasteiger partial charge in [0.05, 0.1) is 19.1 Å². The molecule has 0 aromatic heterocycles. The Morgan fingerprint density at radius 3 is 2.40 bits per heavy atom. The van der Waals surface area contributed by atoms with Crippen LogP contribution in [0, 0.1) is 0 Å². The fourth-order valence-corrected chi connectivity index (χ4v) is 4.18. The van der Waals surface area contributed by atoms with Gasteiger partial charge in [0.2, 0.25) is 5.91 Å². The first-order valence-electron chi connectivity index (χ1n) is 6.17. The second kappa shape index (κ2) is 5.26. The van der Waals surface area contributed by atoms with Gasteiger partial charge in [-0.25, -0.2) is 4.31 Å². The first-order chi connectivity index (χ1) is 9.26. The number of methoxy groups -OCH3 is 1. The average molecular weight is 318 g/mol. The van der Waals surface area contributed by atoms with E-state index in [9.17, 15) is 13.2 Å². The third-order valence-corrected chi connectivity index (χ3v) is 5.07. The van der Waals surface area contributed by atoms with E-state index in [0.717, 1.165) is 15.6 Å². The Bertz CT molecular complexity index is 614. The Balaban J connectivity index is 2.04. The number of benzene rings is 1. The van der Waals surface area contributed by atoms with Gasteiger partial charge in [-0.05, 0) is 37.5 Å². The van der Waals surface area contributed by atoms with E-state index >= 15 is 0 Å². The number of amides is 1. The maximum atomic E-state index is 11.4. The topological polar surface area (TPSA) is 63.7 Å². The molecule has 1 aromatic carbocycles. The molecule has 0 bridgehead atoms. The highest BCUT2D eigenvalue weighted by molar-refractivity contribution is 8.12. The Kier molecular flexibility index (Phi) is 3.97. The molecule has 20 heavy (non-hydrogen) atoms. The molecule has 0 spiro atoms. The molecule has 7 heteroatoms. The molecule has 1 fully saturated rings. The van der Waals surface area contributed by atoms with E-state index in [4.69, 9.17) is 15.4 Å². The van der Waals surface area contributed by atoms with Crippen LogP contribution in [0.2, 0.25) is 0 Å². The van der Waals surface area contributed by atoms with Crippen molar-refractivity contribution in [1.29, 1.82) is 0 Å². The van der Waals surface area contributed by atoms with E-state index in [-0.39, 0.29) is 6.42 Å². The van der Waals surface area contributed by atoms with Crippen LogP contribution in [0.25, 0.3) is 0 Å². The fraction of sp³-hybridized carbons (Fsp3) is 0.462. The maximum absolute atomic E-state index is 11.4. The molecular weight excluding hydrogens is 302 g/mol. The van der Waals surface area contributed by atoms with Gasteiger partial charge < -0.3 is 4.74 Å². The molecule has 1 atom stereocenters. The lowest BCUT2D eigenvalue weighted by molar-refractivity contribution is -0.144. The number of halogens is 1. The largest absolute Gasteiger partial charge is 0.497 e. The molecule has 5 nitrogen and oxygen atoms in total. The van der Waals surface area contributed by atoms with Crippen LogP contribution < -0.4 is 4.74 Å². The zero-order chi connectivity index (χ0) is 15.0. The molecule has 1 aliphatic rings. The van der Waals surface area contributed by atoms with Gasteiger partial charge in [-0.15, -0.1) is 0 Å². The van der Waals surface area contributed by atoms with Crippen molar-refractivity contribution in [1.82, 2.24) is 4.31 Å². The number of aryl methyl sites for hydroxylation is 1. The van der Waals surface area contributed by atoms with E-state index in [1.807, 2.05) is 24.3 Å². The molecule has 1 aliphatic heterocycles. The van der Waals surface area contributed by atoms with Crippen molar-refractivity contribution in [2.45, 2.75) is 31.7 Å². The predicted octanol–water partition coefficient (Wildman–Crippen LogP) is 2.10. The summed E-state index contributed by atoms with van der Waals surface area (Å²) in [5.74, 6) is 0.320. The number of β-lactam (4-membered cyclic amide) rings is 1. The highest BCUT2D eigenvalue weighted by atomic mass is 35.7. The molecule has 1 heterocycles. The van der Waals surface area contributed by atoms with Crippen molar-refractivity contribution in [3.8, 4) is 5.75 Å². The van der Waals surface area contributed by atoms with Gasteiger partial charge in [0.1, 0.15) is 5.75 Å². The number of hydrogen-bond donors (Lipinski definition) is 0.